The predicted octanol–water partition coefficient (Wildman–Crippen LogP) is 3.95. The number of carbonyl (C=O) groups excluding carboxylic acids is 3. The summed E-state index contributed by atoms with van der Waals surface area (Å²) >= 11 is 0. The smallest absolute Gasteiger partial charge is 0.228 e. The minimum Gasteiger partial charge on any atom is -0.507 e. The highest BCUT2D eigenvalue weighted by molar-refractivity contribution is 6.17. The molecule has 1 spiro atoms. The molecule has 0 saturated heterocycles. The van der Waals surface area contributed by atoms with Gasteiger partial charge in [0.2, 0.25) is 5.78 Å². The van der Waals surface area contributed by atoms with Crippen LogP contribution in [0.4, 0.5) is 0 Å². The number of carbonyl (C=O) groups is 3. The Morgan fingerprint density at radius 1 is 0.944 bits per heavy atom. The average molecular weight is 490 g/mol. The Labute approximate surface area is 205 Å². The lowest BCUT2D eigenvalue weighted by Gasteiger charge is -2.38. The summed E-state index contributed by atoms with van der Waals surface area (Å²) < 4.78 is 23.1. The van der Waals surface area contributed by atoms with E-state index in [4.69, 9.17) is 18.9 Å². The number of phenols is 2. The Bertz CT molecular complexity index is 1560. The molecule has 3 aromatic carbocycles. The summed E-state index contributed by atoms with van der Waals surface area (Å²) in [5.41, 5.74) is -0.0373. The van der Waals surface area contributed by atoms with E-state index < -0.39 is 11.4 Å². The quantitative estimate of drug-likeness (QED) is 0.511. The van der Waals surface area contributed by atoms with Crippen LogP contribution in [0.25, 0.3) is 10.8 Å². The lowest BCUT2D eigenvalue weighted by Crippen LogP contribution is -2.41. The second kappa shape index (κ2) is 7.74. The van der Waals surface area contributed by atoms with Crippen LogP contribution in [0.2, 0.25) is 0 Å². The molecule has 0 fully saturated rings. The maximum absolute atomic E-state index is 13.5. The topological polar surface area (TPSA) is 129 Å². The van der Waals surface area contributed by atoms with E-state index in [9.17, 15) is 24.6 Å². The number of hydrogen-bond donors (Lipinski definition) is 2. The number of fused-ring (bicyclic) bond motifs is 3. The molecule has 1 unspecified atom stereocenters. The number of phenolic OH excluding ortho intramolecular Hbond substituents is 2. The maximum Gasteiger partial charge on any atom is 0.228 e. The molecule has 184 valence electrons. The molecule has 0 bridgehead atoms. The molecule has 9 nitrogen and oxygen atoms in total. The number of aldehydes is 2. The lowest BCUT2D eigenvalue weighted by atomic mass is 9.70. The zero-order valence-corrected chi connectivity index (χ0v) is 20.1. The van der Waals surface area contributed by atoms with E-state index in [1.165, 1.54) is 39.5 Å². The van der Waals surface area contributed by atoms with E-state index in [-0.39, 0.29) is 56.6 Å². The third kappa shape index (κ3) is 2.51. The molecule has 1 aliphatic carbocycles. The Morgan fingerprint density at radius 2 is 1.64 bits per heavy atom. The van der Waals surface area contributed by atoms with Crippen molar-refractivity contribution >= 4 is 29.1 Å². The van der Waals surface area contributed by atoms with Gasteiger partial charge in [-0.25, -0.2) is 0 Å². The molecule has 5 rings (SSSR count). The second-order valence-electron chi connectivity index (χ2n) is 8.55. The predicted molar refractivity (Wildman–Crippen MR) is 128 cm³/mol. The monoisotopic (exact) mass is 490 g/mol. The first-order valence-corrected chi connectivity index (χ1v) is 10.9. The van der Waals surface area contributed by atoms with Gasteiger partial charge in [-0.15, -0.1) is 0 Å². The Balaban J connectivity index is 2.07. The van der Waals surface area contributed by atoms with Crippen molar-refractivity contribution in [2.45, 2.75) is 19.4 Å². The Morgan fingerprint density at radius 3 is 2.22 bits per heavy atom. The van der Waals surface area contributed by atoms with Crippen LogP contribution in [-0.2, 0) is 10.3 Å². The normalized spacial score (nSPS) is 17.8. The molecule has 0 amide bonds. The number of rotatable bonds is 5. The number of ketones is 1. The summed E-state index contributed by atoms with van der Waals surface area (Å²) in [6, 6.07) is 4.36. The highest BCUT2D eigenvalue weighted by Gasteiger charge is 2.55. The number of methoxy groups -OCH3 is 3. The van der Waals surface area contributed by atoms with Gasteiger partial charge in [0.1, 0.15) is 17.2 Å². The molecule has 0 radical (unpaired) electrons. The van der Waals surface area contributed by atoms with Gasteiger partial charge in [0, 0.05) is 44.7 Å². The van der Waals surface area contributed by atoms with E-state index in [1.807, 2.05) is 0 Å². The minimum atomic E-state index is -1.52. The molecule has 2 aliphatic rings. The largest absolute Gasteiger partial charge is 0.507 e. The third-order valence-corrected chi connectivity index (χ3v) is 7.09. The standard InChI is InChI=1S/C27H22O9/c1-11-22-21-18(8-17(33-3)14(10-29)20(21)24(32)25(11)34-4)36-27(22)12(2)26(35-5)23(31)19-13(9-28)16(30)7-6-15(19)27/h6-10,30,32H,1-5H3. The summed E-state index contributed by atoms with van der Waals surface area (Å²) in [6.45, 7) is 3.39. The van der Waals surface area contributed by atoms with E-state index in [0.29, 0.717) is 40.2 Å². The van der Waals surface area contributed by atoms with Crippen molar-refractivity contribution in [3.05, 3.63) is 62.9 Å². The minimum absolute atomic E-state index is 0.0637. The van der Waals surface area contributed by atoms with Crippen molar-refractivity contribution in [3.8, 4) is 28.7 Å². The van der Waals surface area contributed by atoms with Crippen molar-refractivity contribution in [1.29, 1.82) is 0 Å². The zero-order chi connectivity index (χ0) is 26.1. The summed E-state index contributed by atoms with van der Waals surface area (Å²) in [7, 11) is 4.10. The van der Waals surface area contributed by atoms with Crippen LogP contribution < -0.4 is 14.2 Å². The number of aromatic hydroxyl groups is 2. The molecule has 36 heavy (non-hydrogen) atoms. The summed E-state index contributed by atoms with van der Waals surface area (Å²) in [5.74, 6) is -0.741. The van der Waals surface area contributed by atoms with Crippen LogP contribution in [-0.4, -0.2) is 49.9 Å². The van der Waals surface area contributed by atoms with E-state index in [2.05, 4.69) is 0 Å². The fraction of sp³-hybridized carbons (Fsp3) is 0.222. The molecule has 0 aromatic heterocycles. The summed E-state index contributed by atoms with van der Waals surface area (Å²) in [6.07, 6.45) is 0.981. The van der Waals surface area contributed by atoms with Gasteiger partial charge in [0.15, 0.2) is 35.4 Å². The van der Waals surface area contributed by atoms with Crippen LogP contribution in [0, 0.1) is 6.92 Å². The summed E-state index contributed by atoms with van der Waals surface area (Å²) in [4.78, 5) is 37.6. The van der Waals surface area contributed by atoms with Crippen molar-refractivity contribution in [3.63, 3.8) is 0 Å². The van der Waals surface area contributed by atoms with Crippen LogP contribution in [0.3, 0.4) is 0 Å². The van der Waals surface area contributed by atoms with E-state index in [0.717, 1.165) is 0 Å². The number of ether oxygens (including phenoxy) is 4. The van der Waals surface area contributed by atoms with E-state index >= 15 is 0 Å². The second-order valence-corrected chi connectivity index (χ2v) is 8.55. The average Bonchev–Trinajstić information content (AvgIpc) is 3.21. The van der Waals surface area contributed by atoms with Crippen LogP contribution in [0.1, 0.15) is 54.7 Å². The first-order valence-electron chi connectivity index (χ1n) is 10.9. The maximum atomic E-state index is 13.5. The van der Waals surface area contributed by atoms with Crippen molar-refractivity contribution in [2.75, 3.05) is 21.3 Å². The van der Waals surface area contributed by atoms with Crippen molar-refractivity contribution < 1.29 is 43.5 Å². The molecular weight excluding hydrogens is 468 g/mol. The van der Waals surface area contributed by atoms with Crippen molar-refractivity contribution in [1.82, 2.24) is 0 Å². The highest BCUT2D eigenvalue weighted by atomic mass is 16.5. The molecule has 3 aromatic rings. The van der Waals surface area contributed by atoms with Gasteiger partial charge in [-0.3, -0.25) is 14.4 Å². The molecule has 1 atom stereocenters. The number of benzene rings is 3. The van der Waals surface area contributed by atoms with Gasteiger partial charge in [-0.1, -0.05) is 0 Å². The zero-order valence-electron chi connectivity index (χ0n) is 20.1. The van der Waals surface area contributed by atoms with Crippen LogP contribution in [0.15, 0.2) is 29.5 Å². The number of hydrogen-bond acceptors (Lipinski definition) is 9. The lowest BCUT2D eigenvalue weighted by molar-refractivity contribution is 0.0880. The molecular formula is C27H22O9. The highest BCUT2D eigenvalue weighted by Crippen LogP contribution is 2.61. The van der Waals surface area contributed by atoms with Gasteiger partial charge in [-0.2, -0.15) is 0 Å². The third-order valence-electron chi connectivity index (χ3n) is 7.09. The first-order chi connectivity index (χ1) is 17.2. The molecule has 0 saturated carbocycles. The summed E-state index contributed by atoms with van der Waals surface area (Å²) in [5, 5.41) is 22.1. The van der Waals surface area contributed by atoms with E-state index in [1.54, 1.807) is 13.8 Å². The van der Waals surface area contributed by atoms with Gasteiger partial charge < -0.3 is 29.2 Å². The number of Topliss-reactive ketones (excluding diaryl/α,β-unsaturated/α-hetero) is 1. The van der Waals surface area contributed by atoms with Gasteiger partial charge in [0.25, 0.3) is 0 Å². The SMILES string of the molecule is COC1=C(C)C2(Oc3cc(OC)c(C=O)c4c(O)c(OC)c(C)c2c34)c2ccc(O)c(C=O)c2C1=O. The first kappa shape index (κ1) is 23.2. The Hall–Kier alpha value is -4.53. The fourth-order valence-corrected chi connectivity index (χ4v) is 5.62. The van der Waals surface area contributed by atoms with Gasteiger partial charge >= 0.3 is 0 Å². The molecule has 9 heteroatoms. The van der Waals surface area contributed by atoms with Crippen molar-refractivity contribution in [2.24, 2.45) is 0 Å². The molecule has 2 N–H and O–H groups in total. The fourth-order valence-electron chi connectivity index (χ4n) is 5.62. The molecule has 1 heterocycles. The van der Waals surface area contributed by atoms with Gasteiger partial charge in [0.05, 0.1) is 32.5 Å². The Kier molecular flexibility index (Phi) is 4.99. The number of allylic oxidation sites excluding steroid dienone is 1. The van der Waals surface area contributed by atoms with Crippen LogP contribution >= 0.6 is 0 Å². The van der Waals surface area contributed by atoms with Crippen LogP contribution in [0.5, 0.6) is 28.7 Å². The van der Waals surface area contributed by atoms with Gasteiger partial charge in [-0.05, 0) is 26.0 Å². The molecule has 1 aliphatic heterocycles.